The van der Waals surface area contributed by atoms with Gasteiger partial charge in [0.05, 0.1) is 18.8 Å². The van der Waals surface area contributed by atoms with Gasteiger partial charge in [-0.3, -0.25) is 14.5 Å². The number of nitrogens with zero attached hydrogens (tertiary/aromatic N) is 4. The van der Waals surface area contributed by atoms with Gasteiger partial charge in [-0.2, -0.15) is 11.3 Å². The Bertz CT molecular complexity index is 1090. The average Bonchev–Trinajstić information content (AvgIpc) is 3.53. The minimum absolute atomic E-state index is 0.0416. The Labute approximate surface area is 233 Å². The maximum absolute atomic E-state index is 12.8. The fourth-order valence-electron chi connectivity index (χ4n) is 5.31. The molecule has 5 rings (SSSR count). The first-order valence-corrected chi connectivity index (χ1v) is 14.8. The molecule has 11 heteroatoms. The molecule has 39 heavy (non-hydrogen) atoms. The SMILES string of the molecule is O=C(NCCN1CCOCC1)c1ccc(N2CCC(NC(=O)N3CCN(C(=O)c4ccsc4)CC3)CC2)cc1. The van der Waals surface area contributed by atoms with E-state index >= 15 is 0 Å². The van der Waals surface area contributed by atoms with Gasteiger partial charge in [-0.05, 0) is 48.6 Å². The van der Waals surface area contributed by atoms with Crippen LogP contribution in [0.4, 0.5) is 10.5 Å². The summed E-state index contributed by atoms with van der Waals surface area (Å²) in [6.45, 7) is 8.73. The van der Waals surface area contributed by atoms with Crippen LogP contribution in [0.1, 0.15) is 33.6 Å². The standard InChI is InChI=1S/C28H38N6O4S/c35-26(29-8-11-31-16-18-38-19-17-31)22-1-3-25(4-2-22)32-9-5-24(6-10-32)30-28(37)34-14-12-33(13-15-34)27(36)23-7-20-39-21-23/h1-4,7,20-21,24H,5-6,8-19H2,(H,29,35)(H,30,37). The molecule has 0 saturated carbocycles. The Morgan fingerprint density at radius 2 is 1.54 bits per heavy atom. The lowest BCUT2D eigenvalue weighted by molar-refractivity contribution is 0.0383. The van der Waals surface area contributed by atoms with Crippen LogP contribution in [-0.4, -0.2) is 117 Å². The molecule has 0 atom stereocenters. The van der Waals surface area contributed by atoms with Gasteiger partial charge in [-0.25, -0.2) is 4.79 Å². The van der Waals surface area contributed by atoms with E-state index in [1.807, 2.05) is 50.9 Å². The number of hydrogen-bond acceptors (Lipinski definition) is 7. The molecule has 0 aliphatic carbocycles. The van der Waals surface area contributed by atoms with Crippen LogP contribution in [0.25, 0.3) is 0 Å². The number of rotatable bonds is 7. The molecule has 4 amide bonds. The second-order valence-corrected chi connectivity index (χ2v) is 11.0. The third kappa shape index (κ3) is 7.28. The number of hydrogen-bond donors (Lipinski definition) is 2. The van der Waals surface area contributed by atoms with E-state index in [0.717, 1.165) is 70.0 Å². The lowest BCUT2D eigenvalue weighted by atomic mass is 10.0. The largest absolute Gasteiger partial charge is 0.379 e. The number of thiophene rings is 1. The van der Waals surface area contributed by atoms with E-state index in [4.69, 9.17) is 4.74 Å². The fourth-order valence-corrected chi connectivity index (χ4v) is 5.94. The summed E-state index contributed by atoms with van der Waals surface area (Å²) in [5, 5.41) is 9.98. The maximum atomic E-state index is 12.8. The van der Waals surface area contributed by atoms with Gasteiger partial charge >= 0.3 is 6.03 Å². The van der Waals surface area contributed by atoms with Gasteiger partial charge in [0, 0.05) is 88.1 Å². The Balaban J connectivity index is 1.00. The number of carbonyl (C=O) groups excluding carboxylic acids is 3. The summed E-state index contributed by atoms with van der Waals surface area (Å²) in [7, 11) is 0. The predicted molar refractivity (Wildman–Crippen MR) is 152 cm³/mol. The zero-order chi connectivity index (χ0) is 27.0. The smallest absolute Gasteiger partial charge is 0.317 e. The number of urea groups is 1. The third-order valence-electron chi connectivity index (χ3n) is 7.76. The van der Waals surface area contributed by atoms with E-state index in [-0.39, 0.29) is 23.9 Å². The monoisotopic (exact) mass is 554 g/mol. The highest BCUT2D eigenvalue weighted by Crippen LogP contribution is 2.21. The molecule has 0 radical (unpaired) electrons. The lowest BCUT2D eigenvalue weighted by Crippen LogP contribution is -2.55. The fraction of sp³-hybridized carbons (Fsp3) is 0.536. The van der Waals surface area contributed by atoms with E-state index in [1.54, 1.807) is 0 Å². The second-order valence-electron chi connectivity index (χ2n) is 10.3. The molecule has 1 aromatic carbocycles. The third-order valence-corrected chi connectivity index (χ3v) is 8.44. The molecule has 1 aromatic heterocycles. The normalized spacial score (nSPS) is 19.1. The number of nitrogens with one attached hydrogen (secondary N) is 2. The molecule has 3 aliphatic heterocycles. The maximum Gasteiger partial charge on any atom is 0.317 e. The Morgan fingerprint density at radius 1 is 0.846 bits per heavy atom. The lowest BCUT2D eigenvalue weighted by Gasteiger charge is -2.37. The summed E-state index contributed by atoms with van der Waals surface area (Å²) in [5.41, 5.74) is 2.48. The predicted octanol–water partition coefficient (Wildman–Crippen LogP) is 1.95. The van der Waals surface area contributed by atoms with Crippen molar-refractivity contribution in [3.8, 4) is 0 Å². The van der Waals surface area contributed by atoms with Crippen molar-refractivity contribution < 1.29 is 19.1 Å². The van der Waals surface area contributed by atoms with Crippen LogP contribution >= 0.6 is 11.3 Å². The number of anilines is 1. The van der Waals surface area contributed by atoms with Crippen molar-refractivity contribution >= 4 is 34.9 Å². The van der Waals surface area contributed by atoms with Crippen LogP contribution in [0.3, 0.4) is 0 Å². The van der Waals surface area contributed by atoms with Gasteiger partial charge in [0.1, 0.15) is 0 Å². The molecule has 4 heterocycles. The number of piperidine rings is 1. The zero-order valence-corrected chi connectivity index (χ0v) is 23.2. The van der Waals surface area contributed by atoms with Crippen molar-refractivity contribution in [2.24, 2.45) is 0 Å². The Kier molecular flexibility index (Phi) is 9.33. The molecule has 0 bridgehead atoms. The quantitative estimate of drug-likeness (QED) is 0.543. The summed E-state index contributed by atoms with van der Waals surface area (Å²) >= 11 is 1.52. The summed E-state index contributed by atoms with van der Waals surface area (Å²) in [4.78, 5) is 46.1. The van der Waals surface area contributed by atoms with Gasteiger partial charge in [0.2, 0.25) is 0 Å². The molecule has 3 fully saturated rings. The minimum atomic E-state index is -0.0482. The molecule has 0 unspecified atom stereocenters. The molecular weight excluding hydrogens is 516 g/mol. The highest BCUT2D eigenvalue weighted by atomic mass is 32.1. The van der Waals surface area contributed by atoms with E-state index in [0.29, 0.717) is 38.3 Å². The second kappa shape index (κ2) is 13.3. The Hall–Kier alpha value is -3.15. The van der Waals surface area contributed by atoms with Crippen molar-refractivity contribution in [3.63, 3.8) is 0 Å². The summed E-state index contributed by atoms with van der Waals surface area (Å²) < 4.78 is 5.36. The van der Waals surface area contributed by atoms with Crippen LogP contribution in [0.2, 0.25) is 0 Å². The van der Waals surface area contributed by atoms with Crippen molar-refractivity contribution in [1.82, 2.24) is 25.3 Å². The minimum Gasteiger partial charge on any atom is -0.379 e. The van der Waals surface area contributed by atoms with Crippen molar-refractivity contribution in [2.75, 3.05) is 83.6 Å². The molecular formula is C28H38N6O4S. The average molecular weight is 555 g/mol. The summed E-state index contributed by atoms with van der Waals surface area (Å²) in [6.07, 6.45) is 1.73. The van der Waals surface area contributed by atoms with Crippen molar-refractivity contribution in [1.29, 1.82) is 0 Å². The van der Waals surface area contributed by atoms with Crippen molar-refractivity contribution in [2.45, 2.75) is 18.9 Å². The van der Waals surface area contributed by atoms with Gasteiger partial charge in [-0.1, -0.05) is 0 Å². The van der Waals surface area contributed by atoms with Crippen LogP contribution in [-0.2, 0) is 4.74 Å². The number of benzene rings is 1. The number of morpholine rings is 1. The van der Waals surface area contributed by atoms with Crippen LogP contribution in [0.5, 0.6) is 0 Å². The van der Waals surface area contributed by atoms with Crippen LogP contribution in [0, 0.1) is 0 Å². The van der Waals surface area contributed by atoms with Gasteiger partial charge < -0.3 is 30.1 Å². The van der Waals surface area contributed by atoms with E-state index in [1.165, 1.54) is 11.3 Å². The molecule has 3 aliphatic rings. The van der Waals surface area contributed by atoms with Crippen molar-refractivity contribution in [3.05, 3.63) is 52.2 Å². The zero-order valence-electron chi connectivity index (χ0n) is 22.3. The van der Waals surface area contributed by atoms with Crippen LogP contribution in [0.15, 0.2) is 41.1 Å². The number of ether oxygens (including phenoxy) is 1. The van der Waals surface area contributed by atoms with Gasteiger partial charge in [-0.15, -0.1) is 0 Å². The van der Waals surface area contributed by atoms with E-state index in [9.17, 15) is 14.4 Å². The first-order chi connectivity index (χ1) is 19.1. The first kappa shape index (κ1) is 27.4. The Morgan fingerprint density at radius 3 is 2.21 bits per heavy atom. The summed E-state index contributed by atoms with van der Waals surface area (Å²) in [5.74, 6) is -0.00554. The van der Waals surface area contributed by atoms with Crippen LogP contribution < -0.4 is 15.5 Å². The molecule has 2 aromatic rings. The topological polar surface area (TPSA) is 97.5 Å². The molecule has 3 saturated heterocycles. The summed E-state index contributed by atoms with van der Waals surface area (Å²) in [6, 6.07) is 9.72. The molecule has 2 N–H and O–H groups in total. The molecule has 210 valence electrons. The van der Waals surface area contributed by atoms with E-state index < -0.39 is 0 Å². The first-order valence-electron chi connectivity index (χ1n) is 13.9. The highest BCUT2D eigenvalue weighted by Gasteiger charge is 2.27. The number of piperazine rings is 1. The number of carbonyl (C=O) groups is 3. The van der Waals surface area contributed by atoms with Gasteiger partial charge in [0.25, 0.3) is 11.8 Å². The molecule has 0 spiro atoms. The van der Waals surface area contributed by atoms with Gasteiger partial charge in [0.15, 0.2) is 0 Å². The number of amides is 4. The molecule has 10 nitrogen and oxygen atoms in total. The highest BCUT2D eigenvalue weighted by molar-refractivity contribution is 7.08. The van der Waals surface area contributed by atoms with E-state index in [2.05, 4.69) is 20.4 Å².